The zero-order valence-electron chi connectivity index (χ0n) is 12.2. The van der Waals surface area contributed by atoms with Crippen molar-refractivity contribution in [2.45, 2.75) is 19.8 Å². The first kappa shape index (κ1) is 14.9. The summed E-state index contributed by atoms with van der Waals surface area (Å²) in [5.41, 5.74) is 1.87. The molecule has 3 heteroatoms. The fraction of sp³-hybridized carbons (Fsp3) is 0.278. The monoisotopic (exact) mass is 281 g/mol. The topological polar surface area (TPSA) is 42.2 Å². The van der Waals surface area contributed by atoms with Gasteiger partial charge in [-0.3, -0.25) is 0 Å². The lowest BCUT2D eigenvalue weighted by atomic mass is 10.1. The third-order valence-corrected chi connectivity index (χ3v) is 3.08. The molecule has 0 radical (unpaired) electrons. The fourth-order valence-electron chi connectivity index (χ4n) is 2.04. The Morgan fingerprint density at radius 3 is 2.38 bits per heavy atom. The SMILES string of the molecule is CCCc1ccc(OCCOc2ccccc2C#N)cc1. The van der Waals surface area contributed by atoms with E-state index >= 15 is 0 Å². The zero-order chi connectivity index (χ0) is 14.9. The molecule has 0 spiro atoms. The highest BCUT2D eigenvalue weighted by Gasteiger charge is 2.01. The van der Waals surface area contributed by atoms with Crippen LogP contribution in [0.15, 0.2) is 48.5 Å². The Balaban J connectivity index is 1.78. The molecule has 108 valence electrons. The van der Waals surface area contributed by atoms with Crippen LogP contribution in [0, 0.1) is 11.3 Å². The van der Waals surface area contributed by atoms with Crippen molar-refractivity contribution in [1.29, 1.82) is 5.26 Å². The van der Waals surface area contributed by atoms with Crippen molar-refractivity contribution in [3.8, 4) is 17.6 Å². The van der Waals surface area contributed by atoms with Crippen molar-refractivity contribution in [2.75, 3.05) is 13.2 Å². The summed E-state index contributed by atoms with van der Waals surface area (Å²) in [5.74, 6) is 1.44. The van der Waals surface area contributed by atoms with E-state index in [9.17, 15) is 0 Å². The van der Waals surface area contributed by atoms with Gasteiger partial charge in [-0.2, -0.15) is 5.26 Å². The number of hydrogen-bond acceptors (Lipinski definition) is 3. The largest absolute Gasteiger partial charge is 0.490 e. The summed E-state index contributed by atoms with van der Waals surface area (Å²) in [6.45, 7) is 3.03. The number of benzene rings is 2. The van der Waals surface area contributed by atoms with Gasteiger partial charge in [0.05, 0.1) is 5.56 Å². The minimum atomic E-state index is 0.412. The van der Waals surface area contributed by atoms with Crippen LogP contribution in [-0.2, 0) is 6.42 Å². The number of hydrogen-bond donors (Lipinski definition) is 0. The average molecular weight is 281 g/mol. The highest BCUT2D eigenvalue weighted by atomic mass is 16.5. The molecule has 0 atom stereocenters. The molecule has 0 aromatic heterocycles. The van der Waals surface area contributed by atoms with Gasteiger partial charge in [-0.05, 0) is 36.2 Å². The molecule has 0 aliphatic heterocycles. The first-order valence-electron chi connectivity index (χ1n) is 7.17. The van der Waals surface area contributed by atoms with Crippen LogP contribution in [0.2, 0.25) is 0 Å². The van der Waals surface area contributed by atoms with E-state index in [4.69, 9.17) is 14.7 Å². The second-order valence-electron chi connectivity index (χ2n) is 4.70. The first-order chi connectivity index (χ1) is 10.3. The van der Waals surface area contributed by atoms with E-state index < -0.39 is 0 Å². The van der Waals surface area contributed by atoms with Gasteiger partial charge in [0, 0.05) is 0 Å². The van der Waals surface area contributed by atoms with Gasteiger partial charge in [0.15, 0.2) is 0 Å². The van der Waals surface area contributed by atoms with Gasteiger partial charge < -0.3 is 9.47 Å². The van der Waals surface area contributed by atoms with Gasteiger partial charge in [-0.25, -0.2) is 0 Å². The van der Waals surface area contributed by atoms with Crippen LogP contribution in [0.5, 0.6) is 11.5 Å². The first-order valence-corrected chi connectivity index (χ1v) is 7.17. The van der Waals surface area contributed by atoms with Gasteiger partial charge in [0.2, 0.25) is 0 Å². The Hall–Kier alpha value is -2.47. The van der Waals surface area contributed by atoms with Gasteiger partial charge in [-0.15, -0.1) is 0 Å². The molecule has 0 amide bonds. The Kier molecular flexibility index (Phi) is 5.66. The van der Waals surface area contributed by atoms with E-state index in [2.05, 4.69) is 25.1 Å². The maximum atomic E-state index is 8.96. The lowest BCUT2D eigenvalue weighted by Gasteiger charge is -2.09. The van der Waals surface area contributed by atoms with Crippen molar-refractivity contribution in [3.63, 3.8) is 0 Å². The molecule has 0 saturated heterocycles. The van der Waals surface area contributed by atoms with Gasteiger partial charge >= 0.3 is 0 Å². The second-order valence-corrected chi connectivity index (χ2v) is 4.70. The molecular formula is C18H19NO2. The molecule has 0 bridgehead atoms. The Morgan fingerprint density at radius 1 is 0.952 bits per heavy atom. The highest BCUT2D eigenvalue weighted by Crippen LogP contribution is 2.17. The average Bonchev–Trinajstić information content (AvgIpc) is 2.54. The third-order valence-electron chi connectivity index (χ3n) is 3.08. The van der Waals surface area contributed by atoms with Crippen LogP contribution >= 0.6 is 0 Å². The predicted molar refractivity (Wildman–Crippen MR) is 82.6 cm³/mol. The molecular weight excluding hydrogens is 262 g/mol. The zero-order valence-corrected chi connectivity index (χ0v) is 12.2. The van der Waals surface area contributed by atoms with Crippen LogP contribution in [0.25, 0.3) is 0 Å². The van der Waals surface area contributed by atoms with E-state index in [-0.39, 0.29) is 0 Å². The Bertz CT molecular complexity index is 599. The second kappa shape index (κ2) is 7.96. The molecule has 3 nitrogen and oxygen atoms in total. The molecule has 0 aliphatic carbocycles. The van der Waals surface area contributed by atoms with E-state index in [1.54, 1.807) is 12.1 Å². The van der Waals surface area contributed by atoms with Gasteiger partial charge in [-0.1, -0.05) is 37.6 Å². The summed E-state index contributed by atoms with van der Waals surface area (Å²) < 4.78 is 11.2. The van der Waals surface area contributed by atoms with Crippen LogP contribution in [-0.4, -0.2) is 13.2 Å². The van der Waals surface area contributed by atoms with Crippen molar-refractivity contribution >= 4 is 0 Å². The summed E-state index contributed by atoms with van der Waals surface area (Å²) in [4.78, 5) is 0. The number of para-hydroxylation sites is 1. The molecule has 0 heterocycles. The number of aryl methyl sites for hydroxylation is 1. The molecule has 0 unspecified atom stereocenters. The summed E-state index contributed by atoms with van der Waals surface area (Å²) in [6, 6.07) is 17.4. The van der Waals surface area contributed by atoms with Crippen molar-refractivity contribution in [3.05, 3.63) is 59.7 Å². The number of rotatable bonds is 7. The van der Waals surface area contributed by atoms with Crippen LogP contribution in [0.3, 0.4) is 0 Å². The van der Waals surface area contributed by atoms with Gasteiger partial charge in [0.1, 0.15) is 30.8 Å². The van der Waals surface area contributed by atoms with Gasteiger partial charge in [0.25, 0.3) is 0 Å². The van der Waals surface area contributed by atoms with Crippen molar-refractivity contribution in [2.24, 2.45) is 0 Å². The van der Waals surface area contributed by atoms with E-state index in [0.29, 0.717) is 24.5 Å². The van der Waals surface area contributed by atoms with Crippen LogP contribution in [0.4, 0.5) is 0 Å². The fourth-order valence-corrected chi connectivity index (χ4v) is 2.04. The molecule has 0 fully saturated rings. The molecule has 0 N–H and O–H groups in total. The number of nitrogens with zero attached hydrogens (tertiary/aromatic N) is 1. The van der Waals surface area contributed by atoms with Crippen molar-refractivity contribution in [1.82, 2.24) is 0 Å². The molecule has 2 aromatic carbocycles. The van der Waals surface area contributed by atoms with Crippen LogP contribution < -0.4 is 9.47 Å². The molecule has 0 saturated carbocycles. The molecule has 2 aromatic rings. The molecule has 21 heavy (non-hydrogen) atoms. The van der Waals surface area contributed by atoms with E-state index in [1.807, 2.05) is 24.3 Å². The number of nitriles is 1. The summed E-state index contributed by atoms with van der Waals surface area (Å²) >= 11 is 0. The smallest absolute Gasteiger partial charge is 0.137 e. The normalized spacial score (nSPS) is 9.90. The highest BCUT2D eigenvalue weighted by molar-refractivity contribution is 5.42. The standard InChI is InChI=1S/C18H19NO2/c1-2-5-15-8-10-17(11-9-15)20-12-13-21-18-7-4-3-6-16(18)14-19/h3-4,6-11H,2,5,12-13H2,1H3. The summed E-state index contributed by atoms with van der Waals surface area (Å²) in [7, 11) is 0. The maximum Gasteiger partial charge on any atom is 0.137 e. The maximum absolute atomic E-state index is 8.96. The minimum absolute atomic E-state index is 0.412. The van der Waals surface area contributed by atoms with Crippen LogP contribution in [0.1, 0.15) is 24.5 Å². The third kappa shape index (κ3) is 4.54. The van der Waals surface area contributed by atoms with E-state index in [0.717, 1.165) is 18.6 Å². The Labute approximate surface area is 125 Å². The lowest BCUT2D eigenvalue weighted by Crippen LogP contribution is -2.09. The molecule has 0 aliphatic rings. The summed E-state index contributed by atoms with van der Waals surface area (Å²) in [6.07, 6.45) is 2.24. The van der Waals surface area contributed by atoms with Crippen molar-refractivity contribution < 1.29 is 9.47 Å². The Morgan fingerprint density at radius 2 is 1.67 bits per heavy atom. The summed E-state index contributed by atoms with van der Waals surface area (Å²) in [5, 5.41) is 8.96. The molecule has 2 rings (SSSR count). The minimum Gasteiger partial charge on any atom is -0.490 e. The number of ether oxygens (including phenoxy) is 2. The lowest BCUT2D eigenvalue weighted by molar-refractivity contribution is 0.217. The quantitative estimate of drug-likeness (QED) is 0.721. The van der Waals surface area contributed by atoms with E-state index in [1.165, 1.54) is 5.56 Å². The predicted octanol–water partition coefficient (Wildman–Crippen LogP) is 3.97.